The third-order valence-corrected chi connectivity index (χ3v) is 7.42. The lowest BCUT2D eigenvalue weighted by Crippen LogP contribution is -2.19. The Balaban J connectivity index is 1.78. The van der Waals surface area contributed by atoms with E-state index in [0.29, 0.717) is 21.9 Å². The molecule has 0 aliphatic heterocycles. The molecule has 0 aliphatic carbocycles. The van der Waals surface area contributed by atoms with Crippen LogP contribution < -0.4 is 11.2 Å². The van der Waals surface area contributed by atoms with Crippen LogP contribution in [0.5, 0.6) is 0 Å². The first-order chi connectivity index (χ1) is 13.3. The van der Waals surface area contributed by atoms with E-state index in [9.17, 15) is 9.59 Å². The molecule has 7 heteroatoms. The van der Waals surface area contributed by atoms with Gasteiger partial charge in [-0.25, -0.2) is 9.78 Å². The number of fused-ring (bicyclic) bond motifs is 2. The maximum atomic E-state index is 12.8. The highest BCUT2D eigenvalue weighted by molar-refractivity contribution is 7.98. The molecular weight excluding hydrogens is 392 g/mol. The van der Waals surface area contributed by atoms with Gasteiger partial charge in [0, 0.05) is 29.1 Å². The van der Waals surface area contributed by atoms with Gasteiger partial charge in [0.25, 0.3) is 5.56 Å². The summed E-state index contributed by atoms with van der Waals surface area (Å²) >= 11 is 3.00. The van der Waals surface area contributed by atoms with Crippen molar-refractivity contribution >= 4 is 44.3 Å². The second-order valence-corrected chi connectivity index (χ2v) is 9.13. The van der Waals surface area contributed by atoms with Crippen LogP contribution >= 0.6 is 23.1 Å². The Kier molecular flexibility index (Phi) is 4.67. The molecule has 5 nitrogen and oxygen atoms in total. The average Bonchev–Trinajstić information content (AvgIpc) is 2.94. The molecule has 0 spiro atoms. The molecule has 3 aromatic heterocycles. The number of thioether (sulfide) groups is 1. The lowest BCUT2D eigenvalue weighted by molar-refractivity contribution is 0.557. The van der Waals surface area contributed by atoms with Crippen LogP contribution in [-0.4, -0.2) is 9.55 Å². The summed E-state index contributed by atoms with van der Waals surface area (Å²) < 4.78 is 7.04. The van der Waals surface area contributed by atoms with Crippen molar-refractivity contribution < 1.29 is 4.42 Å². The van der Waals surface area contributed by atoms with E-state index < -0.39 is 0 Å². The van der Waals surface area contributed by atoms with E-state index in [2.05, 4.69) is 0 Å². The van der Waals surface area contributed by atoms with E-state index in [0.717, 1.165) is 37.3 Å². The van der Waals surface area contributed by atoms with Crippen LogP contribution in [0.4, 0.5) is 0 Å². The van der Waals surface area contributed by atoms with Crippen molar-refractivity contribution in [2.75, 3.05) is 0 Å². The average molecular weight is 413 g/mol. The molecule has 0 fully saturated rings. The second-order valence-electron chi connectivity index (χ2n) is 6.99. The summed E-state index contributed by atoms with van der Waals surface area (Å²) in [6, 6.07) is 5.54. The van der Waals surface area contributed by atoms with E-state index in [1.807, 2.05) is 39.8 Å². The second kappa shape index (κ2) is 6.90. The Morgan fingerprint density at radius 3 is 2.64 bits per heavy atom. The lowest BCUT2D eigenvalue weighted by Gasteiger charge is -2.10. The van der Waals surface area contributed by atoms with Crippen molar-refractivity contribution in [2.45, 2.75) is 38.6 Å². The minimum absolute atomic E-state index is 0.0294. The van der Waals surface area contributed by atoms with E-state index in [4.69, 9.17) is 9.40 Å². The molecule has 0 saturated heterocycles. The molecule has 0 N–H and O–H groups in total. The fourth-order valence-electron chi connectivity index (χ4n) is 3.27. The predicted molar refractivity (Wildman–Crippen MR) is 116 cm³/mol. The van der Waals surface area contributed by atoms with Gasteiger partial charge in [-0.2, -0.15) is 0 Å². The SMILES string of the molecule is Cc1ccc2c(CSc3nc4sc(C)c(C)c4c(=O)n3C)cc(=O)oc2c1C. The summed E-state index contributed by atoms with van der Waals surface area (Å²) in [5.41, 5.74) is 4.17. The first-order valence-electron chi connectivity index (χ1n) is 8.90. The van der Waals surface area contributed by atoms with Gasteiger partial charge < -0.3 is 4.42 Å². The first-order valence-corrected chi connectivity index (χ1v) is 10.7. The number of nitrogens with zero attached hydrogens (tertiary/aromatic N) is 2. The van der Waals surface area contributed by atoms with Gasteiger partial charge in [-0.05, 0) is 49.9 Å². The first kappa shape index (κ1) is 19.0. The smallest absolute Gasteiger partial charge is 0.336 e. The van der Waals surface area contributed by atoms with Crippen LogP contribution in [0.2, 0.25) is 0 Å². The molecule has 4 aromatic rings. The van der Waals surface area contributed by atoms with E-state index in [-0.39, 0.29) is 11.2 Å². The predicted octanol–water partition coefficient (Wildman–Crippen LogP) is 4.63. The van der Waals surface area contributed by atoms with Crippen molar-refractivity contribution in [3.05, 3.63) is 66.1 Å². The van der Waals surface area contributed by atoms with Gasteiger partial charge in [-0.3, -0.25) is 9.36 Å². The normalized spacial score (nSPS) is 11.6. The van der Waals surface area contributed by atoms with Crippen LogP contribution in [-0.2, 0) is 12.8 Å². The van der Waals surface area contributed by atoms with Crippen molar-refractivity contribution in [1.29, 1.82) is 0 Å². The van der Waals surface area contributed by atoms with Crippen LogP contribution in [0.25, 0.3) is 21.2 Å². The highest BCUT2D eigenvalue weighted by atomic mass is 32.2. The number of aryl methyl sites for hydroxylation is 4. The number of hydrogen-bond donors (Lipinski definition) is 0. The summed E-state index contributed by atoms with van der Waals surface area (Å²) in [5, 5.41) is 2.26. The largest absolute Gasteiger partial charge is 0.422 e. The van der Waals surface area contributed by atoms with Gasteiger partial charge in [0.15, 0.2) is 5.16 Å². The molecular formula is C21H20N2O3S2. The zero-order chi connectivity index (χ0) is 20.2. The standard InChI is InChI=1S/C21H20N2O3S2/c1-10-6-7-15-14(8-16(24)26-18(15)11(10)2)9-27-21-22-19-17(20(25)23(21)5)12(3)13(4)28-19/h6-8H,9H2,1-5H3. The number of thiophene rings is 1. The molecule has 4 rings (SSSR count). The quantitative estimate of drug-likeness (QED) is 0.279. The molecule has 144 valence electrons. The van der Waals surface area contributed by atoms with Crippen LogP contribution in [0.15, 0.2) is 37.4 Å². The molecule has 0 bridgehead atoms. The van der Waals surface area contributed by atoms with Gasteiger partial charge >= 0.3 is 5.63 Å². The maximum absolute atomic E-state index is 12.8. The third-order valence-electron chi connectivity index (χ3n) is 5.24. The van der Waals surface area contributed by atoms with Crippen LogP contribution in [0, 0.1) is 27.7 Å². The minimum atomic E-state index is -0.362. The number of benzene rings is 1. The summed E-state index contributed by atoms with van der Waals surface area (Å²) in [7, 11) is 1.74. The highest BCUT2D eigenvalue weighted by Gasteiger charge is 2.16. The van der Waals surface area contributed by atoms with Gasteiger partial charge in [-0.15, -0.1) is 11.3 Å². The fraction of sp³-hybridized carbons (Fsp3) is 0.286. The fourth-order valence-corrected chi connectivity index (χ4v) is 5.30. The minimum Gasteiger partial charge on any atom is -0.422 e. The molecule has 0 amide bonds. The molecule has 0 aliphatic rings. The van der Waals surface area contributed by atoms with Crippen LogP contribution in [0.3, 0.4) is 0 Å². The van der Waals surface area contributed by atoms with Crippen molar-refractivity contribution in [1.82, 2.24) is 9.55 Å². The molecule has 0 radical (unpaired) electrons. The number of aromatic nitrogens is 2. The van der Waals surface area contributed by atoms with Crippen molar-refractivity contribution in [3.8, 4) is 0 Å². The highest BCUT2D eigenvalue weighted by Crippen LogP contribution is 2.31. The Morgan fingerprint density at radius 1 is 1.14 bits per heavy atom. The number of rotatable bonds is 3. The molecule has 0 unspecified atom stereocenters. The lowest BCUT2D eigenvalue weighted by atomic mass is 10.0. The molecule has 0 atom stereocenters. The van der Waals surface area contributed by atoms with Crippen molar-refractivity contribution in [2.24, 2.45) is 7.05 Å². The Bertz CT molecular complexity index is 1360. The summed E-state index contributed by atoms with van der Waals surface area (Å²) in [4.78, 5) is 31.5. The van der Waals surface area contributed by atoms with Gasteiger partial charge in [-0.1, -0.05) is 23.9 Å². The van der Waals surface area contributed by atoms with E-state index in [1.165, 1.54) is 17.8 Å². The van der Waals surface area contributed by atoms with E-state index >= 15 is 0 Å². The zero-order valence-corrected chi connectivity index (χ0v) is 18.0. The Hall–Kier alpha value is -2.38. The summed E-state index contributed by atoms with van der Waals surface area (Å²) in [5.74, 6) is 0.528. The number of hydrogen-bond acceptors (Lipinski definition) is 6. The maximum Gasteiger partial charge on any atom is 0.336 e. The Labute approximate surface area is 170 Å². The Morgan fingerprint density at radius 2 is 1.89 bits per heavy atom. The van der Waals surface area contributed by atoms with Crippen molar-refractivity contribution in [3.63, 3.8) is 0 Å². The summed E-state index contributed by atoms with van der Waals surface area (Å²) in [6.45, 7) is 7.92. The topological polar surface area (TPSA) is 65.1 Å². The zero-order valence-electron chi connectivity index (χ0n) is 16.4. The van der Waals surface area contributed by atoms with E-state index in [1.54, 1.807) is 23.0 Å². The monoisotopic (exact) mass is 412 g/mol. The third kappa shape index (κ3) is 2.99. The van der Waals surface area contributed by atoms with Gasteiger partial charge in [0.2, 0.25) is 0 Å². The van der Waals surface area contributed by atoms with Gasteiger partial charge in [0.05, 0.1) is 5.39 Å². The molecule has 1 aromatic carbocycles. The molecule has 3 heterocycles. The molecule has 28 heavy (non-hydrogen) atoms. The van der Waals surface area contributed by atoms with Gasteiger partial charge in [0.1, 0.15) is 10.4 Å². The molecule has 0 saturated carbocycles. The van der Waals surface area contributed by atoms with Crippen LogP contribution in [0.1, 0.15) is 27.1 Å². The summed E-state index contributed by atoms with van der Waals surface area (Å²) in [6.07, 6.45) is 0.